The van der Waals surface area contributed by atoms with Crippen LogP contribution in [0.5, 0.6) is 0 Å². The third kappa shape index (κ3) is 2.74. The van der Waals surface area contributed by atoms with Crippen LogP contribution in [0.2, 0.25) is 0 Å². The van der Waals surface area contributed by atoms with Crippen LogP contribution in [-0.4, -0.2) is 50.8 Å². The SMILES string of the molecule is COC(=O)CC1C2CN(c3nc(S(C)(=O)=O)nc4c3CCC4(F)F)C[C@@H]12. The minimum Gasteiger partial charge on any atom is -0.469 e. The van der Waals surface area contributed by atoms with Crippen LogP contribution >= 0.6 is 0 Å². The van der Waals surface area contributed by atoms with Crippen molar-refractivity contribution in [2.24, 2.45) is 17.8 Å². The number of alkyl halides is 2. The van der Waals surface area contributed by atoms with Gasteiger partial charge in [0.2, 0.25) is 15.0 Å². The molecule has 0 spiro atoms. The largest absolute Gasteiger partial charge is 0.469 e. The number of ether oxygens (including phenoxy) is 1. The molecule has 10 heteroatoms. The first kappa shape index (κ1) is 17.6. The molecule has 0 N–H and O–H groups in total. The van der Waals surface area contributed by atoms with E-state index in [1.54, 1.807) is 0 Å². The number of halogens is 2. The van der Waals surface area contributed by atoms with Crippen LogP contribution < -0.4 is 4.90 Å². The maximum absolute atomic E-state index is 14.1. The van der Waals surface area contributed by atoms with Gasteiger partial charge in [-0.2, -0.15) is 8.78 Å². The molecule has 2 aliphatic carbocycles. The van der Waals surface area contributed by atoms with Gasteiger partial charge in [-0.25, -0.2) is 18.4 Å². The van der Waals surface area contributed by atoms with E-state index in [2.05, 4.69) is 9.97 Å². The molecule has 26 heavy (non-hydrogen) atoms. The normalized spacial score (nSPS) is 28.6. The fourth-order valence-electron chi connectivity index (χ4n) is 4.21. The molecule has 1 saturated carbocycles. The molecule has 0 bridgehead atoms. The van der Waals surface area contributed by atoms with E-state index in [-0.39, 0.29) is 36.6 Å². The number of carbonyl (C=O) groups excluding carboxylic acids is 1. The molecule has 0 radical (unpaired) electrons. The molecule has 2 heterocycles. The highest BCUT2D eigenvalue weighted by atomic mass is 32.2. The van der Waals surface area contributed by atoms with Crippen molar-refractivity contribution in [3.8, 4) is 0 Å². The van der Waals surface area contributed by atoms with E-state index in [0.717, 1.165) is 6.26 Å². The van der Waals surface area contributed by atoms with Crippen LogP contribution in [0.1, 0.15) is 24.1 Å². The number of hydrogen-bond donors (Lipinski definition) is 0. The lowest BCUT2D eigenvalue weighted by atomic mass is 10.1. The van der Waals surface area contributed by atoms with E-state index in [9.17, 15) is 22.0 Å². The number of hydrogen-bond acceptors (Lipinski definition) is 7. The minimum atomic E-state index is -3.80. The summed E-state index contributed by atoms with van der Waals surface area (Å²) in [5.41, 5.74) is -0.122. The quantitative estimate of drug-likeness (QED) is 0.566. The number of fused-ring (bicyclic) bond motifs is 2. The lowest BCUT2D eigenvalue weighted by Gasteiger charge is -2.24. The van der Waals surface area contributed by atoms with Crippen molar-refractivity contribution in [1.29, 1.82) is 0 Å². The molecule has 1 aliphatic heterocycles. The first-order valence-electron chi connectivity index (χ1n) is 8.43. The van der Waals surface area contributed by atoms with Gasteiger partial charge in [-0.15, -0.1) is 0 Å². The first-order chi connectivity index (χ1) is 12.1. The molecule has 7 nitrogen and oxygen atoms in total. The molecule has 3 aliphatic rings. The standard InChI is InChI=1S/C16H19F2N3O4S/c1-25-12(22)5-9-10-6-21(7-11(9)10)14-8-3-4-16(17,18)13(8)19-15(20-14)26(2,23)24/h9-11H,3-7H2,1-2H3/t9?,10-,11?/m0/s1. The number of aromatic nitrogens is 2. The highest BCUT2D eigenvalue weighted by molar-refractivity contribution is 7.90. The molecular formula is C16H19F2N3O4S. The summed E-state index contributed by atoms with van der Waals surface area (Å²) in [6.45, 7) is 1.15. The van der Waals surface area contributed by atoms with Crippen molar-refractivity contribution in [3.05, 3.63) is 11.3 Å². The van der Waals surface area contributed by atoms with E-state index in [1.807, 2.05) is 4.90 Å². The number of nitrogens with zero attached hydrogens (tertiary/aromatic N) is 3. The predicted octanol–water partition coefficient (Wildman–Crippen LogP) is 1.16. The Hall–Kier alpha value is -1.84. The van der Waals surface area contributed by atoms with Gasteiger partial charge >= 0.3 is 5.97 Å². The smallest absolute Gasteiger partial charge is 0.305 e. The molecule has 142 valence electrons. The Bertz CT molecular complexity index is 878. The second-order valence-electron chi connectivity index (χ2n) is 7.31. The Morgan fingerprint density at radius 3 is 2.54 bits per heavy atom. The van der Waals surface area contributed by atoms with Gasteiger partial charge in [-0.3, -0.25) is 4.79 Å². The molecular weight excluding hydrogens is 368 g/mol. The summed E-state index contributed by atoms with van der Waals surface area (Å²) >= 11 is 0. The summed E-state index contributed by atoms with van der Waals surface area (Å²) in [4.78, 5) is 21.1. The van der Waals surface area contributed by atoms with Crippen LogP contribution in [-0.2, 0) is 31.7 Å². The summed E-state index contributed by atoms with van der Waals surface area (Å²) in [6.07, 6.45) is 1.01. The summed E-state index contributed by atoms with van der Waals surface area (Å²) < 4.78 is 56.7. The second-order valence-corrected chi connectivity index (χ2v) is 9.22. The molecule has 0 aromatic carbocycles. The van der Waals surface area contributed by atoms with Crippen LogP contribution in [0.4, 0.5) is 14.6 Å². The van der Waals surface area contributed by atoms with E-state index in [0.29, 0.717) is 30.9 Å². The zero-order chi connectivity index (χ0) is 18.9. The van der Waals surface area contributed by atoms with E-state index < -0.39 is 26.6 Å². The number of sulfone groups is 1. The van der Waals surface area contributed by atoms with Gasteiger partial charge in [-0.1, -0.05) is 0 Å². The van der Waals surface area contributed by atoms with Gasteiger partial charge in [0.15, 0.2) is 0 Å². The zero-order valence-electron chi connectivity index (χ0n) is 14.4. The monoisotopic (exact) mass is 387 g/mol. The number of anilines is 1. The molecule has 1 aromatic rings. The lowest BCUT2D eigenvalue weighted by Crippen LogP contribution is -2.28. The van der Waals surface area contributed by atoms with Crippen LogP contribution in [0.3, 0.4) is 0 Å². The number of piperidine rings is 1. The van der Waals surface area contributed by atoms with Crippen LogP contribution in [0.25, 0.3) is 0 Å². The third-order valence-electron chi connectivity index (χ3n) is 5.63. The van der Waals surface area contributed by atoms with E-state index in [1.165, 1.54) is 7.11 Å². The minimum absolute atomic E-state index is 0.124. The van der Waals surface area contributed by atoms with Crippen molar-refractivity contribution >= 4 is 21.6 Å². The van der Waals surface area contributed by atoms with Gasteiger partial charge in [-0.05, 0) is 24.2 Å². The average molecular weight is 387 g/mol. The molecule has 2 fully saturated rings. The average Bonchev–Trinajstić information content (AvgIpc) is 2.92. The van der Waals surface area contributed by atoms with Crippen molar-refractivity contribution in [2.75, 3.05) is 31.4 Å². The lowest BCUT2D eigenvalue weighted by molar-refractivity contribution is -0.141. The number of esters is 1. The Kier molecular flexibility index (Phi) is 3.77. The molecule has 4 rings (SSSR count). The van der Waals surface area contributed by atoms with Gasteiger partial charge in [0.05, 0.1) is 7.11 Å². The molecule has 1 aromatic heterocycles. The Morgan fingerprint density at radius 2 is 1.96 bits per heavy atom. The fourth-order valence-corrected chi connectivity index (χ4v) is 4.72. The number of carbonyl (C=O) groups is 1. The molecule has 3 atom stereocenters. The maximum Gasteiger partial charge on any atom is 0.305 e. The van der Waals surface area contributed by atoms with Gasteiger partial charge in [0.25, 0.3) is 5.92 Å². The maximum atomic E-state index is 14.1. The predicted molar refractivity (Wildman–Crippen MR) is 86.7 cm³/mol. The highest BCUT2D eigenvalue weighted by Crippen LogP contribution is 2.55. The number of methoxy groups -OCH3 is 1. The Balaban J connectivity index is 1.63. The molecule has 1 saturated heterocycles. The molecule has 0 amide bonds. The molecule has 2 unspecified atom stereocenters. The van der Waals surface area contributed by atoms with Crippen molar-refractivity contribution in [1.82, 2.24) is 9.97 Å². The van der Waals surface area contributed by atoms with E-state index in [4.69, 9.17) is 4.74 Å². The fraction of sp³-hybridized carbons (Fsp3) is 0.688. The van der Waals surface area contributed by atoms with Crippen molar-refractivity contribution in [3.63, 3.8) is 0 Å². The Morgan fingerprint density at radius 1 is 1.31 bits per heavy atom. The highest BCUT2D eigenvalue weighted by Gasteiger charge is 2.57. The Labute approximate surface area is 149 Å². The zero-order valence-corrected chi connectivity index (χ0v) is 15.2. The van der Waals surface area contributed by atoms with Crippen LogP contribution in [0.15, 0.2) is 5.16 Å². The van der Waals surface area contributed by atoms with Crippen molar-refractivity contribution in [2.45, 2.75) is 30.3 Å². The topological polar surface area (TPSA) is 89.5 Å². The van der Waals surface area contributed by atoms with Gasteiger partial charge < -0.3 is 9.64 Å². The number of rotatable bonds is 4. The van der Waals surface area contributed by atoms with E-state index >= 15 is 0 Å². The van der Waals surface area contributed by atoms with Gasteiger partial charge in [0, 0.05) is 37.8 Å². The summed E-state index contributed by atoms with van der Waals surface area (Å²) in [7, 11) is -2.45. The van der Waals surface area contributed by atoms with Crippen molar-refractivity contribution < 1.29 is 26.7 Å². The third-order valence-corrected chi connectivity index (χ3v) is 6.48. The summed E-state index contributed by atoms with van der Waals surface area (Å²) in [5, 5.41) is -0.556. The van der Waals surface area contributed by atoms with Gasteiger partial charge in [0.1, 0.15) is 11.5 Å². The first-order valence-corrected chi connectivity index (χ1v) is 10.3. The summed E-state index contributed by atoms with van der Waals surface area (Å²) in [5.74, 6) is -2.28. The second kappa shape index (κ2) is 5.58. The van der Waals surface area contributed by atoms with Crippen LogP contribution in [0, 0.1) is 17.8 Å². The summed E-state index contributed by atoms with van der Waals surface area (Å²) in [6, 6.07) is 0.